The van der Waals surface area contributed by atoms with Crippen LogP contribution in [0.4, 0.5) is 0 Å². The second-order valence-electron chi connectivity index (χ2n) is 5.82. The third-order valence-corrected chi connectivity index (χ3v) is 4.11. The van der Waals surface area contributed by atoms with Gasteiger partial charge in [-0.3, -0.25) is 4.79 Å². The van der Waals surface area contributed by atoms with E-state index in [4.69, 9.17) is 14.2 Å². The number of carbonyl (C=O) groups excluding carboxylic acids is 1. The maximum Gasteiger partial charge on any atom is 0.246 e. The summed E-state index contributed by atoms with van der Waals surface area (Å²) in [6.45, 7) is 1.44. The van der Waals surface area contributed by atoms with E-state index < -0.39 is 0 Å². The van der Waals surface area contributed by atoms with Gasteiger partial charge in [-0.05, 0) is 29.8 Å². The highest BCUT2D eigenvalue weighted by molar-refractivity contribution is 5.92. The van der Waals surface area contributed by atoms with Gasteiger partial charge in [0.1, 0.15) is 6.10 Å². The molecule has 1 atom stereocenters. The van der Waals surface area contributed by atoms with Gasteiger partial charge in [-0.25, -0.2) is 0 Å². The summed E-state index contributed by atoms with van der Waals surface area (Å²) in [7, 11) is 0. The highest BCUT2D eigenvalue weighted by Gasteiger charge is 2.26. The number of hydrogen-bond donors (Lipinski definition) is 0. The zero-order valence-electron chi connectivity index (χ0n) is 13.5. The normalized spacial score (nSPS) is 18.7. The van der Waals surface area contributed by atoms with Gasteiger partial charge >= 0.3 is 0 Å². The molecule has 0 N–H and O–H groups in total. The highest BCUT2D eigenvalue weighted by atomic mass is 16.7. The van der Waals surface area contributed by atoms with E-state index in [2.05, 4.69) is 10.2 Å². The fourth-order valence-electron chi connectivity index (χ4n) is 2.84. The zero-order chi connectivity index (χ0) is 17.1. The van der Waals surface area contributed by atoms with Crippen LogP contribution < -0.4 is 14.2 Å². The summed E-state index contributed by atoms with van der Waals surface area (Å²) in [5, 5.41) is 7.69. The standard InChI is InChI=1S/C18H17N3O4/c22-18(6-4-13-3-5-15-16(10-13)24-12-23-15)21-9-7-14(11-21)25-17-2-1-8-19-20-17/h1-6,8,10,14H,7,9,11-12H2/b6-4+. The number of benzene rings is 1. The van der Waals surface area contributed by atoms with E-state index in [9.17, 15) is 4.79 Å². The van der Waals surface area contributed by atoms with Gasteiger partial charge in [0.05, 0.1) is 6.54 Å². The molecule has 7 heteroatoms. The lowest BCUT2D eigenvalue weighted by molar-refractivity contribution is -0.125. The van der Waals surface area contributed by atoms with E-state index in [-0.39, 0.29) is 18.8 Å². The van der Waals surface area contributed by atoms with Crippen LogP contribution >= 0.6 is 0 Å². The van der Waals surface area contributed by atoms with Crippen molar-refractivity contribution in [1.29, 1.82) is 0 Å². The van der Waals surface area contributed by atoms with Crippen molar-refractivity contribution in [3.8, 4) is 17.4 Å². The molecule has 1 aromatic carbocycles. The van der Waals surface area contributed by atoms with Crippen LogP contribution in [0.25, 0.3) is 6.08 Å². The summed E-state index contributed by atoms with van der Waals surface area (Å²) in [5.41, 5.74) is 0.893. The van der Waals surface area contributed by atoms with E-state index >= 15 is 0 Å². The summed E-state index contributed by atoms with van der Waals surface area (Å²) in [4.78, 5) is 14.1. The monoisotopic (exact) mass is 339 g/mol. The van der Waals surface area contributed by atoms with Crippen molar-refractivity contribution >= 4 is 12.0 Å². The lowest BCUT2D eigenvalue weighted by Gasteiger charge is -2.15. The van der Waals surface area contributed by atoms with Gasteiger partial charge < -0.3 is 19.1 Å². The van der Waals surface area contributed by atoms with Gasteiger partial charge in [0.25, 0.3) is 0 Å². The van der Waals surface area contributed by atoms with Crippen LogP contribution in [0.15, 0.2) is 42.6 Å². The number of carbonyl (C=O) groups is 1. The molecule has 0 aliphatic carbocycles. The molecule has 0 bridgehead atoms. The molecule has 1 aromatic heterocycles. The molecule has 0 spiro atoms. The molecule has 0 radical (unpaired) electrons. The molecular formula is C18H17N3O4. The fourth-order valence-corrected chi connectivity index (χ4v) is 2.84. The van der Waals surface area contributed by atoms with Crippen LogP contribution in [0.3, 0.4) is 0 Å². The first-order chi connectivity index (χ1) is 12.3. The molecule has 2 aliphatic heterocycles. The third-order valence-electron chi connectivity index (χ3n) is 4.11. The Morgan fingerprint density at radius 1 is 1.28 bits per heavy atom. The number of likely N-dealkylation sites (tertiary alicyclic amines) is 1. The van der Waals surface area contributed by atoms with Crippen molar-refractivity contribution < 1.29 is 19.0 Å². The van der Waals surface area contributed by atoms with Gasteiger partial charge in [-0.2, -0.15) is 5.10 Å². The number of amides is 1. The van der Waals surface area contributed by atoms with Crippen LogP contribution in [0.5, 0.6) is 17.4 Å². The van der Waals surface area contributed by atoms with Crippen LogP contribution in [0.2, 0.25) is 0 Å². The molecule has 25 heavy (non-hydrogen) atoms. The van der Waals surface area contributed by atoms with Gasteiger partial charge in [0.15, 0.2) is 11.5 Å². The maximum atomic E-state index is 12.4. The topological polar surface area (TPSA) is 73.8 Å². The third kappa shape index (κ3) is 3.55. The molecule has 7 nitrogen and oxygen atoms in total. The fraction of sp³-hybridized carbons (Fsp3) is 0.278. The van der Waals surface area contributed by atoms with Crippen molar-refractivity contribution in [3.05, 3.63) is 48.2 Å². The first-order valence-corrected chi connectivity index (χ1v) is 8.09. The van der Waals surface area contributed by atoms with Crippen LogP contribution in [-0.2, 0) is 4.79 Å². The highest BCUT2D eigenvalue weighted by Crippen LogP contribution is 2.32. The molecule has 1 fully saturated rings. The lowest BCUT2D eigenvalue weighted by atomic mass is 10.2. The second-order valence-corrected chi connectivity index (χ2v) is 5.82. The lowest BCUT2D eigenvalue weighted by Crippen LogP contribution is -2.29. The van der Waals surface area contributed by atoms with Crippen molar-refractivity contribution in [2.24, 2.45) is 0 Å². The van der Waals surface area contributed by atoms with Crippen molar-refractivity contribution in [3.63, 3.8) is 0 Å². The van der Waals surface area contributed by atoms with E-state index in [0.717, 1.165) is 17.7 Å². The summed E-state index contributed by atoms with van der Waals surface area (Å²) in [5.74, 6) is 1.88. The van der Waals surface area contributed by atoms with Crippen LogP contribution in [0, 0.1) is 0 Å². The SMILES string of the molecule is O=C(/C=C/c1ccc2c(c1)OCO2)N1CCC(Oc2cccnn2)C1. The smallest absolute Gasteiger partial charge is 0.246 e. The van der Waals surface area contributed by atoms with Crippen molar-refractivity contribution in [2.45, 2.75) is 12.5 Å². The van der Waals surface area contributed by atoms with Gasteiger partial charge in [-0.15, -0.1) is 5.10 Å². The average molecular weight is 339 g/mol. The summed E-state index contributed by atoms with van der Waals surface area (Å²) < 4.78 is 16.4. The molecule has 2 aliphatic rings. The Labute approximate surface area is 144 Å². The largest absolute Gasteiger partial charge is 0.471 e. The quantitative estimate of drug-likeness (QED) is 0.792. The Morgan fingerprint density at radius 3 is 3.08 bits per heavy atom. The summed E-state index contributed by atoms with van der Waals surface area (Å²) >= 11 is 0. The van der Waals surface area contributed by atoms with E-state index in [1.807, 2.05) is 18.2 Å². The van der Waals surface area contributed by atoms with Gasteiger partial charge in [0.2, 0.25) is 18.6 Å². The average Bonchev–Trinajstić information content (AvgIpc) is 3.29. The van der Waals surface area contributed by atoms with Crippen LogP contribution in [-0.4, -0.2) is 47.0 Å². The number of aromatic nitrogens is 2. The van der Waals surface area contributed by atoms with E-state index in [1.165, 1.54) is 0 Å². The first-order valence-electron chi connectivity index (χ1n) is 8.09. The molecule has 1 amide bonds. The first kappa shape index (κ1) is 15.4. The number of fused-ring (bicyclic) bond motifs is 1. The summed E-state index contributed by atoms with van der Waals surface area (Å²) in [6.07, 6.45) is 5.67. The Bertz CT molecular complexity index is 794. The minimum atomic E-state index is -0.0559. The minimum Gasteiger partial charge on any atom is -0.471 e. The Balaban J connectivity index is 1.34. The summed E-state index contributed by atoms with van der Waals surface area (Å²) in [6, 6.07) is 9.12. The number of hydrogen-bond acceptors (Lipinski definition) is 6. The number of nitrogens with zero attached hydrogens (tertiary/aromatic N) is 3. The van der Waals surface area contributed by atoms with Crippen LogP contribution in [0.1, 0.15) is 12.0 Å². The number of ether oxygens (including phenoxy) is 3. The molecule has 4 rings (SSSR count). The molecule has 1 unspecified atom stereocenters. The number of rotatable bonds is 4. The zero-order valence-corrected chi connectivity index (χ0v) is 13.5. The molecule has 1 saturated heterocycles. The van der Waals surface area contributed by atoms with Gasteiger partial charge in [0, 0.05) is 31.3 Å². The molecule has 3 heterocycles. The van der Waals surface area contributed by atoms with E-state index in [1.54, 1.807) is 35.4 Å². The van der Waals surface area contributed by atoms with E-state index in [0.29, 0.717) is 24.7 Å². The Kier molecular flexibility index (Phi) is 4.20. The maximum absolute atomic E-state index is 12.4. The Morgan fingerprint density at radius 2 is 2.20 bits per heavy atom. The van der Waals surface area contributed by atoms with Crippen molar-refractivity contribution in [2.75, 3.05) is 19.9 Å². The molecule has 0 saturated carbocycles. The van der Waals surface area contributed by atoms with Gasteiger partial charge in [-0.1, -0.05) is 6.07 Å². The predicted molar refractivity (Wildman–Crippen MR) is 89.2 cm³/mol. The predicted octanol–water partition coefficient (Wildman–Crippen LogP) is 1.90. The second kappa shape index (κ2) is 6.80. The molecule has 2 aromatic rings. The van der Waals surface area contributed by atoms with Crippen molar-refractivity contribution in [1.82, 2.24) is 15.1 Å². The molecular weight excluding hydrogens is 322 g/mol. The minimum absolute atomic E-state index is 0.0390. The molecule has 128 valence electrons. The Hall–Kier alpha value is -3.09.